The number of rotatable bonds is 8. The first-order chi connectivity index (χ1) is 17.4. The maximum Gasteiger partial charge on any atom is 0.250 e. The number of carbonyl (C=O) groups excluding carboxylic acids is 3. The third-order valence-electron chi connectivity index (χ3n) is 7.43. The zero-order valence-corrected chi connectivity index (χ0v) is 21.7. The second kappa shape index (κ2) is 11.1. The third kappa shape index (κ3) is 5.25. The smallest absolute Gasteiger partial charge is 0.250 e. The first-order valence-electron chi connectivity index (χ1n) is 13.1. The molecule has 0 radical (unpaired) electrons. The van der Waals surface area contributed by atoms with Gasteiger partial charge >= 0.3 is 0 Å². The highest BCUT2D eigenvalue weighted by Crippen LogP contribution is 2.40. The summed E-state index contributed by atoms with van der Waals surface area (Å²) in [6, 6.07) is 19.8. The molecule has 0 aliphatic carbocycles. The van der Waals surface area contributed by atoms with Gasteiger partial charge in [-0.1, -0.05) is 69.3 Å². The highest BCUT2D eigenvalue weighted by Gasteiger charge is 2.54. The minimum absolute atomic E-state index is 0.0201. The van der Waals surface area contributed by atoms with E-state index in [1.54, 1.807) is 4.90 Å². The molecule has 2 aliphatic heterocycles. The summed E-state index contributed by atoms with van der Waals surface area (Å²) in [5.41, 5.74) is 1.25. The molecular weight excluding hydrogens is 452 g/mol. The Morgan fingerprint density at radius 3 is 2.17 bits per heavy atom. The van der Waals surface area contributed by atoms with Crippen molar-refractivity contribution in [2.24, 2.45) is 5.92 Å². The van der Waals surface area contributed by atoms with Crippen molar-refractivity contribution < 1.29 is 14.4 Å². The monoisotopic (exact) mass is 490 g/mol. The number of anilines is 1. The lowest BCUT2D eigenvalue weighted by molar-refractivity contribution is -0.140. The summed E-state index contributed by atoms with van der Waals surface area (Å²) >= 11 is 0. The van der Waals surface area contributed by atoms with E-state index in [4.69, 9.17) is 0 Å². The maximum absolute atomic E-state index is 13.8. The summed E-state index contributed by atoms with van der Waals surface area (Å²) in [7, 11) is 0. The number of nitrogens with one attached hydrogen (secondary N) is 1. The van der Waals surface area contributed by atoms with Crippen LogP contribution in [-0.2, 0) is 14.4 Å². The van der Waals surface area contributed by atoms with E-state index in [1.807, 2.05) is 86.3 Å². The number of para-hydroxylation sites is 1. The normalized spacial score (nSPS) is 18.1. The van der Waals surface area contributed by atoms with Crippen LogP contribution in [-0.4, -0.2) is 65.9 Å². The van der Waals surface area contributed by atoms with Gasteiger partial charge in [0, 0.05) is 25.3 Å². The van der Waals surface area contributed by atoms with Gasteiger partial charge in [-0.05, 0) is 42.9 Å². The second-order valence-corrected chi connectivity index (χ2v) is 10.3. The van der Waals surface area contributed by atoms with Crippen molar-refractivity contribution in [1.82, 2.24) is 15.1 Å². The van der Waals surface area contributed by atoms with E-state index in [2.05, 4.69) is 10.2 Å². The molecule has 3 amide bonds. The van der Waals surface area contributed by atoms with Gasteiger partial charge in [0.1, 0.15) is 12.1 Å². The van der Waals surface area contributed by atoms with Gasteiger partial charge in [-0.2, -0.15) is 0 Å². The van der Waals surface area contributed by atoms with E-state index < -0.39 is 5.54 Å². The molecule has 2 heterocycles. The fraction of sp³-hybridized carbons (Fsp3) is 0.483. The van der Waals surface area contributed by atoms with Crippen molar-refractivity contribution >= 4 is 23.4 Å². The summed E-state index contributed by atoms with van der Waals surface area (Å²) in [4.78, 5) is 45.6. The molecule has 0 bridgehead atoms. The zero-order chi connectivity index (χ0) is 25.7. The minimum Gasteiger partial charge on any atom is -0.354 e. The van der Waals surface area contributed by atoms with Crippen LogP contribution in [0.25, 0.3) is 0 Å². The summed E-state index contributed by atoms with van der Waals surface area (Å²) in [6.07, 6.45) is 1.82. The van der Waals surface area contributed by atoms with Gasteiger partial charge in [0.25, 0.3) is 5.91 Å². The number of hydrogen-bond donors (Lipinski definition) is 1. The highest BCUT2D eigenvalue weighted by atomic mass is 16.2. The zero-order valence-electron chi connectivity index (χ0n) is 21.7. The molecule has 2 saturated heterocycles. The molecular formula is C29H38N4O3. The second-order valence-electron chi connectivity index (χ2n) is 10.3. The van der Waals surface area contributed by atoms with Gasteiger partial charge < -0.3 is 20.0 Å². The van der Waals surface area contributed by atoms with Crippen LogP contribution in [0.15, 0.2) is 60.7 Å². The molecule has 192 valence electrons. The topological polar surface area (TPSA) is 73.0 Å². The van der Waals surface area contributed by atoms with Crippen LogP contribution in [0.4, 0.5) is 5.69 Å². The van der Waals surface area contributed by atoms with Crippen molar-refractivity contribution in [1.29, 1.82) is 0 Å². The lowest BCUT2D eigenvalue weighted by atomic mass is 9.84. The van der Waals surface area contributed by atoms with Gasteiger partial charge in [-0.3, -0.25) is 14.4 Å². The summed E-state index contributed by atoms with van der Waals surface area (Å²) < 4.78 is 0. The quantitative estimate of drug-likeness (QED) is 0.614. The molecule has 2 aromatic rings. The number of benzene rings is 2. The Hall–Kier alpha value is -3.35. The maximum atomic E-state index is 13.8. The van der Waals surface area contributed by atoms with Gasteiger partial charge in [0.05, 0.1) is 12.6 Å². The van der Waals surface area contributed by atoms with Crippen molar-refractivity contribution in [3.05, 3.63) is 66.2 Å². The van der Waals surface area contributed by atoms with Gasteiger partial charge in [-0.25, -0.2) is 0 Å². The molecule has 0 aromatic heterocycles. The van der Waals surface area contributed by atoms with Crippen LogP contribution in [0.1, 0.15) is 51.5 Å². The molecule has 1 spiro atoms. The molecule has 36 heavy (non-hydrogen) atoms. The van der Waals surface area contributed by atoms with Crippen molar-refractivity contribution in [3.8, 4) is 0 Å². The van der Waals surface area contributed by atoms with E-state index in [1.165, 1.54) is 0 Å². The highest BCUT2D eigenvalue weighted by molar-refractivity contribution is 5.96. The lowest BCUT2D eigenvalue weighted by Crippen LogP contribution is -2.58. The summed E-state index contributed by atoms with van der Waals surface area (Å²) in [6.45, 7) is 8.17. The SMILES string of the molecule is CC[C@H](C(=O)N1CCC2(CC1)C(=O)N(CC(=O)NCC(C)C)CN2c1ccccc1)c1ccccc1. The molecule has 7 nitrogen and oxygen atoms in total. The minimum atomic E-state index is -0.745. The van der Waals surface area contributed by atoms with E-state index >= 15 is 0 Å². The Labute approximate surface area is 214 Å². The van der Waals surface area contributed by atoms with E-state index in [-0.39, 0.29) is 30.2 Å². The lowest BCUT2D eigenvalue weighted by Gasteiger charge is -2.44. The van der Waals surface area contributed by atoms with Gasteiger partial charge in [0.15, 0.2) is 0 Å². The number of carbonyl (C=O) groups is 3. The van der Waals surface area contributed by atoms with Crippen molar-refractivity contribution in [2.45, 2.75) is 51.5 Å². The molecule has 0 unspecified atom stereocenters. The van der Waals surface area contributed by atoms with Crippen LogP contribution >= 0.6 is 0 Å². The Balaban J connectivity index is 1.51. The average molecular weight is 491 g/mol. The standard InChI is InChI=1S/C29H38N4O3/c1-4-25(23-11-7-5-8-12-23)27(35)31-17-15-29(16-18-31)28(36)32(20-26(34)30-19-22(2)3)21-33(29)24-13-9-6-10-14-24/h5-14,22,25H,4,15-21H2,1-3H3,(H,30,34)/t25-/m0/s1. The van der Waals surface area contributed by atoms with Crippen LogP contribution in [0.5, 0.6) is 0 Å². The number of hydrogen-bond acceptors (Lipinski definition) is 4. The predicted molar refractivity (Wildman–Crippen MR) is 141 cm³/mol. The van der Waals surface area contributed by atoms with Crippen LogP contribution < -0.4 is 10.2 Å². The van der Waals surface area contributed by atoms with Crippen LogP contribution in [0.2, 0.25) is 0 Å². The molecule has 2 aliphatic rings. The Kier molecular flexibility index (Phi) is 7.97. The molecule has 2 aromatic carbocycles. The fourth-order valence-corrected chi connectivity index (χ4v) is 5.43. The largest absolute Gasteiger partial charge is 0.354 e. The average Bonchev–Trinajstić information content (AvgIpc) is 3.15. The molecule has 7 heteroatoms. The molecule has 4 rings (SSSR count). The summed E-state index contributed by atoms with van der Waals surface area (Å²) in [5.74, 6) is 0.141. The first kappa shape index (κ1) is 25.7. The Morgan fingerprint density at radius 2 is 1.58 bits per heavy atom. The van der Waals surface area contributed by atoms with Crippen molar-refractivity contribution in [3.63, 3.8) is 0 Å². The number of amides is 3. The van der Waals surface area contributed by atoms with Gasteiger partial charge in [-0.15, -0.1) is 0 Å². The molecule has 2 fully saturated rings. The Morgan fingerprint density at radius 1 is 0.972 bits per heavy atom. The number of piperidine rings is 1. The molecule has 1 N–H and O–H groups in total. The van der Waals surface area contributed by atoms with Crippen LogP contribution in [0, 0.1) is 5.92 Å². The number of likely N-dealkylation sites (tertiary alicyclic amines) is 1. The fourth-order valence-electron chi connectivity index (χ4n) is 5.43. The molecule has 0 saturated carbocycles. The molecule has 1 atom stereocenters. The van der Waals surface area contributed by atoms with Crippen LogP contribution in [0.3, 0.4) is 0 Å². The number of nitrogens with zero attached hydrogens (tertiary/aromatic N) is 3. The predicted octanol–water partition coefficient (Wildman–Crippen LogP) is 3.62. The summed E-state index contributed by atoms with van der Waals surface area (Å²) in [5, 5.41) is 2.93. The van der Waals surface area contributed by atoms with E-state index in [0.717, 1.165) is 17.7 Å². The van der Waals surface area contributed by atoms with E-state index in [0.29, 0.717) is 45.1 Å². The van der Waals surface area contributed by atoms with Gasteiger partial charge in [0.2, 0.25) is 11.8 Å². The first-order valence-corrected chi connectivity index (χ1v) is 13.1. The third-order valence-corrected chi connectivity index (χ3v) is 7.43. The van der Waals surface area contributed by atoms with Crippen molar-refractivity contribution in [2.75, 3.05) is 37.7 Å². The Bertz CT molecular complexity index is 1050. The van der Waals surface area contributed by atoms with E-state index in [9.17, 15) is 14.4 Å².